The lowest BCUT2D eigenvalue weighted by Crippen LogP contribution is -2.14. The van der Waals surface area contributed by atoms with E-state index in [9.17, 15) is 8.42 Å². The van der Waals surface area contributed by atoms with Crippen molar-refractivity contribution in [1.29, 1.82) is 0 Å². The first-order valence-corrected chi connectivity index (χ1v) is 8.28. The molecule has 20 heavy (non-hydrogen) atoms. The van der Waals surface area contributed by atoms with E-state index >= 15 is 0 Å². The fourth-order valence-electron chi connectivity index (χ4n) is 1.74. The first kappa shape index (κ1) is 14.8. The summed E-state index contributed by atoms with van der Waals surface area (Å²) in [7, 11) is 0.0972. The van der Waals surface area contributed by atoms with Gasteiger partial charge in [-0.3, -0.25) is 4.72 Å². The van der Waals surface area contributed by atoms with Crippen LogP contribution in [0.5, 0.6) is 0 Å². The largest absolute Gasteiger partial charge is 0.391 e. The van der Waals surface area contributed by atoms with Crippen molar-refractivity contribution in [3.8, 4) is 0 Å². The van der Waals surface area contributed by atoms with Crippen LogP contribution in [0.4, 0.5) is 11.4 Å². The van der Waals surface area contributed by atoms with Gasteiger partial charge in [0.25, 0.3) is 10.0 Å². The van der Waals surface area contributed by atoms with E-state index in [1.54, 1.807) is 23.6 Å². The average molecular weight is 312 g/mol. The van der Waals surface area contributed by atoms with E-state index < -0.39 is 10.0 Å². The Balaban J connectivity index is 2.31. The summed E-state index contributed by atoms with van der Waals surface area (Å²) >= 11 is 1.22. The summed E-state index contributed by atoms with van der Waals surface area (Å²) in [6.07, 6.45) is 0. The molecule has 0 aliphatic carbocycles. The number of aliphatic hydroxyl groups is 1. The number of sulfonamides is 1. The number of thiophene rings is 1. The van der Waals surface area contributed by atoms with Crippen molar-refractivity contribution in [2.45, 2.75) is 11.5 Å². The Morgan fingerprint density at radius 2 is 2.05 bits per heavy atom. The molecule has 0 aliphatic rings. The van der Waals surface area contributed by atoms with Gasteiger partial charge in [-0.1, -0.05) is 6.07 Å². The van der Waals surface area contributed by atoms with E-state index in [2.05, 4.69) is 4.72 Å². The Hall–Kier alpha value is -1.57. The van der Waals surface area contributed by atoms with Crippen LogP contribution in [0.25, 0.3) is 0 Å². The molecule has 0 fully saturated rings. The van der Waals surface area contributed by atoms with Crippen LogP contribution in [0, 0.1) is 0 Å². The zero-order chi connectivity index (χ0) is 14.8. The second-order valence-electron chi connectivity index (χ2n) is 4.42. The Labute approximate surface area is 122 Å². The highest BCUT2D eigenvalue weighted by Gasteiger charge is 2.19. The lowest BCUT2D eigenvalue weighted by Gasteiger charge is -2.14. The fraction of sp³-hybridized carbons (Fsp3) is 0.231. The van der Waals surface area contributed by atoms with Crippen LogP contribution >= 0.6 is 11.3 Å². The van der Waals surface area contributed by atoms with Crippen molar-refractivity contribution < 1.29 is 13.5 Å². The van der Waals surface area contributed by atoms with E-state index in [0.717, 1.165) is 5.69 Å². The minimum absolute atomic E-state index is 0.125. The minimum atomic E-state index is -3.67. The van der Waals surface area contributed by atoms with E-state index in [-0.39, 0.29) is 11.5 Å². The highest BCUT2D eigenvalue weighted by Crippen LogP contribution is 2.25. The average Bonchev–Trinajstić information content (AvgIpc) is 2.87. The summed E-state index contributed by atoms with van der Waals surface area (Å²) in [6.45, 7) is -0.286. The van der Waals surface area contributed by atoms with Crippen LogP contribution < -0.4 is 9.62 Å². The van der Waals surface area contributed by atoms with Crippen molar-refractivity contribution in [1.82, 2.24) is 0 Å². The van der Waals surface area contributed by atoms with Gasteiger partial charge in [0.15, 0.2) is 0 Å². The second kappa shape index (κ2) is 5.82. The number of nitrogens with zero attached hydrogens (tertiary/aromatic N) is 1. The van der Waals surface area contributed by atoms with Gasteiger partial charge in [-0.15, -0.1) is 11.3 Å². The minimum Gasteiger partial charge on any atom is -0.391 e. The van der Waals surface area contributed by atoms with Gasteiger partial charge >= 0.3 is 0 Å². The summed E-state index contributed by atoms with van der Waals surface area (Å²) in [5, 5.41) is 10.8. The number of rotatable bonds is 5. The first-order chi connectivity index (χ1) is 9.44. The zero-order valence-corrected chi connectivity index (χ0v) is 12.8. The molecule has 1 aromatic heterocycles. The van der Waals surface area contributed by atoms with Crippen molar-refractivity contribution in [3.63, 3.8) is 0 Å². The third-order valence-electron chi connectivity index (χ3n) is 2.75. The molecule has 2 aromatic rings. The van der Waals surface area contributed by atoms with Gasteiger partial charge in [0.2, 0.25) is 0 Å². The van der Waals surface area contributed by atoms with Gasteiger partial charge in [-0.05, 0) is 29.6 Å². The molecule has 2 N–H and O–H groups in total. The van der Waals surface area contributed by atoms with Gasteiger partial charge in [-0.25, -0.2) is 8.42 Å². The normalized spacial score (nSPS) is 11.3. The molecule has 0 bridgehead atoms. The molecule has 0 atom stereocenters. The summed E-state index contributed by atoms with van der Waals surface area (Å²) in [6, 6.07) is 8.61. The molecule has 1 heterocycles. The van der Waals surface area contributed by atoms with Crippen LogP contribution in [-0.4, -0.2) is 27.6 Å². The molecular weight excluding hydrogens is 296 g/mol. The smallest absolute Gasteiger partial charge is 0.263 e. The van der Waals surface area contributed by atoms with Gasteiger partial charge in [-0.2, -0.15) is 0 Å². The maximum Gasteiger partial charge on any atom is 0.263 e. The SMILES string of the molecule is CN(C)c1cccc(NS(=O)(=O)c2ccsc2CO)c1. The number of anilines is 2. The van der Waals surface area contributed by atoms with Crippen molar-refractivity contribution in [2.24, 2.45) is 0 Å². The third kappa shape index (κ3) is 3.12. The molecule has 0 spiro atoms. The summed E-state index contributed by atoms with van der Waals surface area (Å²) < 4.78 is 27.1. The van der Waals surface area contributed by atoms with E-state index in [1.807, 2.05) is 25.1 Å². The first-order valence-electron chi connectivity index (χ1n) is 5.91. The van der Waals surface area contributed by atoms with Crippen LogP contribution in [-0.2, 0) is 16.6 Å². The number of aliphatic hydroxyl groups excluding tert-OH is 1. The predicted octanol–water partition coefficient (Wildman–Crippen LogP) is 2.11. The lowest BCUT2D eigenvalue weighted by molar-refractivity contribution is 0.282. The van der Waals surface area contributed by atoms with Crippen LogP contribution in [0.1, 0.15) is 4.88 Å². The number of nitrogens with one attached hydrogen (secondary N) is 1. The summed E-state index contributed by atoms with van der Waals surface area (Å²) in [5.41, 5.74) is 1.39. The molecule has 7 heteroatoms. The Kier molecular flexibility index (Phi) is 4.32. The standard InChI is InChI=1S/C13H16N2O3S2/c1-15(2)11-5-3-4-10(8-11)14-20(17,18)13-6-7-19-12(13)9-16/h3-8,14,16H,9H2,1-2H3. The van der Waals surface area contributed by atoms with E-state index in [1.165, 1.54) is 17.4 Å². The Morgan fingerprint density at radius 3 is 2.70 bits per heavy atom. The molecule has 108 valence electrons. The Morgan fingerprint density at radius 1 is 1.30 bits per heavy atom. The molecule has 2 rings (SSSR count). The molecule has 0 amide bonds. The molecule has 0 aliphatic heterocycles. The monoisotopic (exact) mass is 312 g/mol. The van der Waals surface area contributed by atoms with Gasteiger partial charge < -0.3 is 10.0 Å². The molecule has 0 radical (unpaired) electrons. The highest BCUT2D eigenvalue weighted by atomic mass is 32.2. The molecule has 0 unspecified atom stereocenters. The quantitative estimate of drug-likeness (QED) is 0.887. The maximum absolute atomic E-state index is 12.3. The second-order valence-corrected chi connectivity index (χ2v) is 7.07. The molecule has 0 saturated carbocycles. The molecule has 5 nitrogen and oxygen atoms in total. The summed E-state index contributed by atoms with van der Waals surface area (Å²) in [4.78, 5) is 2.45. The maximum atomic E-state index is 12.3. The fourth-order valence-corrected chi connectivity index (χ4v) is 4.09. The van der Waals surface area contributed by atoms with Crippen molar-refractivity contribution in [3.05, 3.63) is 40.6 Å². The number of benzene rings is 1. The van der Waals surface area contributed by atoms with Crippen molar-refractivity contribution >= 4 is 32.7 Å². The third-order valence-corrected chi connectivity index (χ3v) is 5.25. The molecule has 1 aromatic carbocycles. The van der Waals surface area contributed by atoms with E-state index in [0.29, 0.717) is 10.6 Å². The van der Waals surface area contributed by atoms with Gasteiger partial charge in [0.1, 0.15) is 4.90 Å². The summed E-state index contributed by atoms with van der Waals surface area (Å²) in [5.74, 6) is 0. The van der Waals surface area contributed by atoms with Crippen LogP contribution in [0.3, 0.4) is 0 Å². The zero-order valence-electron chi connectivity index (χ0n) is 11.2. The van der Waals surface area contributed by atoms with E-state index in [4.69, 9.17) is 5.11 Å². The predicted molar refractivity (Wildman–Crippen MR) is 81.8 cm³/mol. The highest BCUT2D eigenvalue weighted by molar-refractivity contribution is 7.93. The van der Waals surface area contributed by atoms with Gasteiger partial charge in [0.05, 0.1) is 17.2 Å². The topological polar surface area (TPSA) is 69.6 Å². The molecule has 0 saturated heterocycles. The van der Waals surface area contributed by atoms with Crippen LogP contribution in [0.2, 0.25) is 0 Å². The number of hydrogen-bond acceptors (Lipinski definition) is 5. The lowest BCUT2D eigenvalue weighted by atomic mass is 10.3. The van der Waals surface area contributed by atoms with Crippen molar-refractivity contribution in [2.75, 3.05) is 23.7 Å². The van der Waals surface area contributed by atoms with Gasteiger partial charge in [0, 0.05) is 19.8 Å². The Bertz CT molecular complexity index is 693. The van der Waals surface area contributed by atoms with Crippen LogP contribution in [0.15, 0.2) is 40.6 Å². The molecular formula is C13H16N2O3S2. The number of hydrogen-bond donors (Lipinski definition) is 2.